The van der Waals surface area contributed by atoms with Crippen LogP contribution in [0.2, 0.25) is 10.0 Å². The van der Waals surface area contributed by atoms with Crippen LogP contribution in [-0.4, -0.2) is 23.6 Å². The monoisotopic (exact) mass is 421 g/mol. The maximum absolute atomic E-state index is 12.0. The number of ether oxygens (including phenoxy) is 1. The summed E-state index contributed by atoms with van der Waals surface area (Å²) in [5.41, 5.74) is 5.84. The molecular formula is C19H17Cl2N3O4. The van der Waals surface area contributed by atoms with E-state index >= 15 is 0 Å². The number of carbonyl (C=O) groups excluding carboxylic acids is 2. The molecule has 2 aromatic carbocycles. The number of benzene rings is 2. The Morgan fingerprint density at radius 3 is 2.68 bits per heavy atom. The molecule has 0 aliphatic rings. The smallest absolute Gasteiger partial charge is 0.244 e. The summed E-state index contributed by atoms with van der Waals surface area (Å²) >= 11 is 11.8. The molecule has 0 bridgehead atoms. The Morgan fingerprint density at radius 1 is 1.07 bits per heavy atom. The van der Waals surface area contributed by atoms with Crippen molar-refractivity contribution in [3.8, 4) is 5.75 Å². The number of hydrogen-bond acceptors (Lipinski definition) is 5. The predicted octanol–water partition coefficient (Wildman–Crippen LogP) is 3.68. The van der Waals surface area contributed by atoms with E-state index in [0.717, 1.165) is 5.39 Å². The van der Waals surface area contributed by atoms with Crippen LogP contribution in [0, 0.1) is 0 Å². The third-order valence-electron chi connectivity index (χ3n) is 3.82. The molecule has 9 heteroatoms. The SMILES string of the molecule is O=C(CCCOc1ccc(Cl)cc1Cl)NNC(=O)Cc1noc2ccccc12. The van der Waals surface area contributed by atoms with E-state index in [2.05, 4.69) is 16.0 Å². The van der Waals surface area contributed by atoms with Crippen molar-refractivity contribution in [2.75, 3.05) is 6.61 Å². The van der Waals surface area contributed by atoms with E-state index in [-0.39, 0.29) is 18.7 Å². The minimum absolute atomic E-state index is 0.00449. The fourth-order valence-electron chi connectivity index (χ4n) is 2.47. The van der Waals surface area contributed by atoms with E-state index in [0.29, 0.717) is 40.1 Å². The molecule has 2 N–H and O–H groups in total. The highest BCUT2D eigenvalue weighted by Gasteiger charge is 2.12. The molecule has 146 valence electrons. The molecule has 3 rings (SSSR count). The van der Waals surface area contributed by atoms with Crippen LogP contribution in [-0.2, 0) is 16.0 Å². The number of para-hydroxylation sites is 1. The number of nitrogens with one attached hydrogen (secondary N) is 2. The molecule has 0 aliphatic carbocycles. The van der Waals surface area contributed by atoms with Gasteiger partial charge in [0, 0.05) is 16.8 Å². The highest BCUT2D eigenvalue weighted by atomic mass is 35.5. The zero-order valence-corrected chi connectivity index (χ0v) is 16.2. The Balaban J connectivity index is 1.36. The second-order valence-corrected chi connectivity index (χ2v) is 6.77. The quantitative estimate of drug-likeness (QED) is 0.448. The minimum atomic E-state index is -0.392. The zero-order chi connectivity index (χ0) is 19.9. The summed E-state index contributed by atoms with van der Waals surface area (Å²) in [4.78, 5) is 23.8. The number of nitrogens with zero attached hydrogens (tertiary/aromatic N) is 1. The Kier molecular flexibility index (Phi) is 6.73. The Labute approximate surface area is 170 Å². The van der Waals surface area contributed by atoms with E-state index in [1.807, 2.05) is 18.2 Å². The Bertz CT molecular complexity index is 990. The van der Waals surface area contributed by atoms with Gasteiger partial charge in [-0.05, 0) is 36.8 Å². The van der Waals surface area contributed by atoms with Crippen molar-refractivity contribution in [3.63, 3.8) is 0 Å². The van der Waals surface area contributed by atoms with E-state index < -0.39 is 5.91 Å². The fourth-order valence-corrected chi connectivity index (χ4v) is 2.93. The van der Waals surface area contributed by atoms with Crippen molar-refractivity contribution in [3.05, 3.63) is 58.2 Å². The first-order valence-corrected chi connectivity index (χ1v) is 9.27. The van der Waals surface area contributed by atoms with Crippen LogP contribution >= 0.6 is 23.2 Å². The maximum atomic E-state index is 12.0. The van der Waals surface area contributed by atoms with Crippen molar-refractivity contribution < 1.29 is 18.8 Å². The number of carbonyl (C=O) groups is 2. The van der Waals surface area contributed by atoms with Crippen LogP contribution in [0.4, 0.5) is 0 Å². The first kappa shape index (κ1) is 20.0. The van der Waals surface area contributed by atoms with E-state index in [1.54, 1.807) is 24.3 Å². The number of aromatic nitrogens is 1. The van der Waals surface area contributed by atoms with Gasteiger partial charge in [-0.2, -0.15) is 0 Å². The number of rotatable bonds is 7. The standard InChI is InChI=1S/C19H17Cl2N3O4/c20-12-7-8-17(14(21)10-12)27-9-3-6-18(25)22-23-19(26)11-15-13-4-1-2-5-16(13)28-24-15/h1-2,4-5,7-8,10H,3,6,9,11H2,(H,22,25)(H,23,26). The molecule has 3 aromatic rings. The molecule has 0 saturated heterocycles. The van der Waals surface area contributed by atoms with Crippen LogP contribution in [0.15, 0.2) is 47.0 Å². The molecule has 0 aliphatic heterocycles. The molecule has 7 nitrogen and oxygen atoms in total. The second kappa shape index (κ2) is 9.43. The van der Waals surface area contributed by atoms with Gasteiger partial charge >= 0.3 is 0 Å². The molecular weight excluding hydrogens is 405 g/mol. The van der Waals surface area contributed by atoms with Gasteiger partial charge in [-0.1, -0.05) is 40.5 Å². The average molecular weight is 422 g/mol. The van der Waals surface area contributed by atoms with Crippen molar-refractivity contribution in [2.45, 2.75) is 19.3 Å². The lowest BCUT2D eigenvalue weighted by Crippen LogP contribution is -2.42. The lowest BCUT2D eigenvalue weighted by Gasteiger charge is -2.09. The Morgan fingerprint density at radius 2 is 1.86 bits per heavy atom. The molecule has 1 heterocycles. The molecule has 0 spiro atoms. The molecule has 0 unspecified atom stereocenters. The van der Waals surface area contributed by atoms with Crippen LogP contribution in [0.5, 0.6) is 5.75 Å². The first-order valence-electron chi connectivity index (χ1n) is 8.52. The number of hydrazine groups is 1. The highest BCUT2D eigenvalue weighted by Crippen LogP contribution is 2.27. The molecule has 0 atom stereocenters. The molecule has 0 radical (unpaired) electrons. The van der Waals surface area contributed by atoms with Crippen LogP contribution in [0.25, 0.3) is 11.0 Å². The van der Waals surface area contributed by atoms with Crippen molar-refractivity contribution in [2.24, 2.45) is 0 Å². The second-order valence-electron chi connectivity index (χ2n) is 5.93. The molecule has 2 amide bonds. The van der Waals surface area contributed by atoms with E-state index in [4.69, 9.17) is 32.5 Å². The summed E-state index contributed by atoms with van der Waals surface area (Å²) in [5, 5.41) is 5.57. The first-order chi connectivity index (χ1) is 13.5. The van der Waals surface area contributed by atoms with Crippen molar-refractivity contribution in [1.29, 1.82) is 0 Å². The topological polar surface area (TPSA) is 93.5 Å². The highest BCUT2D eigenvalue weighted by molar-refractivity contribution is 6.35. The van der Waals surface area contributed by atoms with Gasteiger partial charge < -0.3 is 9.26 Å². The zero-order valence-electron chi connectivity index (χ0n) is 14.7. The van der Waals surface area contributed by atoms with Gasteiger partial charge in [0.15, 0.2) is 5.58 Å². The summed E-state index contributed by atoms with van der Waals surface area (Å²) in [5.74, 6) is -0.222. The van der Waals surface area contributed by atoms with Crippen molar-refractivity contribution >= 4 is 46.0 Å². The van der Waals surface area contributed by atoms with Gasteiger partial charge in [0.1, 0.15) is 11.4 Å². The molecule has 1 aromatic heterocycles. The summed E-state index contributed by atoms with van der Waals surface area (Å²) in [6, 6.07) is 12.2. The summed E-state index contributed by atoms with van der Waals surface area (Å²) < 4.78 is 10.6. The van der Waals surface area contributed by atoms with Gasteiger partial charge in [-0.3, -0.25) is 20.4 Å². The van der Waals surface area contributed by atoms with E-state index in [9.17, 15) is 9.59 Å². The van der Waals surface area contributed by atoms with Gasteiger partial charge in [-0.25, -0.2) is 0 Å². The Hall–Kier alpha value is -2.77. The maximum Gasteiger partial charge on any atom is 0.244 e. The minimum Gasteiger partial charge on any atom is -0.492 e. The molecule has 0 saturated carbocycles. The van der Waals surface area contributed by atoms with Crippen LogP contribution in [0.1, 0.15) is 18.5 Å². The van der Waals surface area contributed by atoms with Crippen LogP contribution in [0.3, 0.4) is 0 Å². The number of hydrogen-bond donors (Lipinski definition) is 2. The van der Waals surface area contributed by atoms with Crippen LogP contribution < -0.4 is 15.6 Å². The van der Waals surface area contributed by atoms with Gasteiger partial charge in [0.05, 0.1) is 18.1 Å². The molecule has 0 fully saturated rings. The lowest BCUT2D eigenvalue weighted by atomic mass is 10.2. The largest absolute Gasteiger partial charge is 0.492 e. The van der Waals surface area contributed by atoms with Gasteiger partial charge in [0.2, 0.25) is 11.8 Å². The summed E-state index contributed by atoms with van der Waals surface area (Å²) in [7, 11) is 0. The average Bonchev–Trinajstić information content (AvgIpc) is 3.08. The lowest BCUT2D eigenvalue weighted by molar-refractivity contribution is -0.128. The van der Waals surface area contributed by atoms with Gasteiger partial charge in [0.25, 0.3) is 0 Å². The molecule has 28 heavy (non-hydrogen) atoms. The fraction of sp³-hybridized carbons (Fsp3) is 0.211. The third kappa shape index (κ3) is 5.37. The van der Waals surface area contributed by atoms with Gasteiger partial charge in [-0.15, -0.1) is 0 Å². The number of fused-ring (bicyclic) bond motifs is 1. The normalized spacial score (nSPS) is 10.6. The number of halogens is 2. The number of amides is 2. The van der Waals surface area contributed by atoms with E-state index in [1.165, 1.54) is 0 Å². The summed E-state index contributed by atoms with van der Waals surface area (Å²) in [6.07, 6.45) is 0.627. The van der Waals surface area contributed by atoms with Crippen molar-refractivity contribution in [1.82, 2.24) is 16.0 Å². The summed E-state index contributed by atoms with van der Waals surface area (Å²) in [6.45, 7) is 0.299. The predicted molar refractivity (Wildman–Crippen MR) is 105 cm³/mol. The third-order valence-corrected chi connectivity index (χ3v) is 4.35.